The van der Waals surface area contributed by atoms with Crippen LogP contribution in [0.4, 0.5) is 0 Å². The van der Waals surface area contributed by atoms with Gasteiger partial charge in [0.15, 0.2) is 0 Å². The maximum Gasteiger partial charge on any atom is 0.326 e. The summed E-state index contributed by atoms with van der Waals surface area (Å²) in [5.41, 5.74) is -0.0697. The molecule has 1 aliphatic heterocycles. The van der Waals surface area contributed by atoms with E-state index >= 15 is 0 Å². The highest BCUT2D eigenvalue weighted by atomic mass is 16.4. The fourth-order valence-corrected chi connectivity index (χ4v) is 2.53. The summed E-state index contributed by atoms with van der Waals surface area (Å²) in [6.07, 6.45) is 2.34. The number of amides is 1. The number of carboxylic acids is 1. The molecule has 1 fully saturated rings. The quantitative estimate of drug-likeness (QED) is 0.744. The molecule has 0 bridgehead atoms. The molecule has 4 heteroatoms. The van der Waals surface area contributed by atoms with Crippen molar-refractivity contribution >= 4 is 11.9 Å². The van der Waals surface area contributed by atoms with E-state index in [9.17, 15) is 9.59 Å². The minimum absolute atomic E-state index is 0.0276. The van der Waals surface area contributed by atoms with Crippen LogP contribution in [0.3, 0.4) is 0 Å². The molecule has 0 aromatic heterocycles. The van der Waals surface area contributed by atoms with E-state index in [0.717, 1.165) is 12.8 Å². The van der Waals surface area contributed by atoms with Gasteiger partial charge in [-0.1, -0.05) is 20.8 Å². The van der Waals surface area contributed by atoms with Crippen LogP contribution in [0.15, 0.2) is 0 Å². The van der Waals surface area contributed by atoms with Gasteiger partial charge in [0.2, 0.25) is 5.91 Å². The van der Waals surface area contributed by atoms with E-state index in [2.05, 4.69) is 20.8 Å². The summed E-state index contributed by atoms with van der Waals surface area (Å²) < 4.78 is 0. The molecule has 1 rings (SSSR count). The Balaban J connectivity index is 3.00. The molecule has 1 amide bonds. The molecule has 1 aliphatic rings. The summed E-state index contributed by atoms with van der Waals surface area (Å²) in [4.78, 5) is 24.3. The first kappa shape index (κ1) is 13.0. The van der Waals surface area contributed by atoms with Crippen molar-refractivity contribution in [3.8, 4) is 0 Å². The second kappa shape index (κ2) is 4.44. The van der Waals surface area contributed by atoms with E-state index in [1.807, 2.05) is 0 Å². The molecule has 0 aromatic rings. The van der Waals surface area contributed by atoms with Crippen LogP contribution in [0, 0.1) is 5.41 Å². The molecular weight excluding hydrogens is 206 g/mol. The first-order valence-electron chi connectivity index (χ1n) is 5.77. The predicted octanol–water partition coefficient (Wildman–Crippen LogP) is 1.89. The van der Waals surface area contributed by atoms with E-state index in [4.69, 9.17) is 5.11 Å². The van der Waals surface area contributed by atoms with Crippen molar-refractivity contribution in [1.29, 1.82) is 0 Å². The van der Waals surface area contributed by atoms with Gasteiger partial charge in [0, 0.05) is 13.0 Å². The zero-order valence-corrected chi connectivity index (χ0v) is 10.5. The van der Waals surface area contributed by atoms with E-state index in [1.165, 1.54) is 6.92 Å². The Morgan fingerprint density at radius 3 is 2.19 bits per heavy atom. The minimum atomic E-state index is -0.885. The zero-order chi connectivity index (χ0) is 12.5. The SMILES string of the molecule is CC(=O)N1C(C(=O)O)CCCC1C(C)(C)C. The van der Waals surface area contributed by atoms with E-state index in [-0.39, 0.29) is 17.4 Å². The van der Waals surface area contributed by atoms with Crippen molar-refractivity contribution in [3.63, 3.8) is 0 Å². The van der Waals surface area contributed by atoms with Crippen molar-refractivity contribution in [2.24, 2.45) is 5.41 Å². The van der Waals surface area contributed by atoms with Gasteiger partial charge in [-0.2, -0.15) is 0 Å². The standard InChI is InChI=1S/C12H21NO3/c1-8(14)13-9(11(15)16)6-5-7-10(13)12(2,3)4/h9-10H,5-7H2,1-4H3,(H,15,16). The lowest BCUT2D eigenvalue weighted by Crippen LogP contribution is -2.56. The first-order valence-corrected chi connectivity index (χ1v) is 5.77. The van der Waals surface area contributed by atoms with Gasteiger partial charge in [-0.15, -0.1) is 0 Å². The highest BCUT2D eigenvalue weighted by molar-refractivity contribution is 5.82. The number of carbonyl (C=O) groups is 2. The van der Waals surface area contributed by atoms with Gasteiger partial charge in [0.05, 0.1) is 0 Å². The number of nitrogens with zero attached hydrogens (tertiary/aromatic N) is 1. The van der Waals surface area contributed by atoms with Crippen molar-refractivity contribution < 1.29 is 14.7 Å². The Morgan fingerprint density at radius 1 is 1.25 bits per heavy atom. The number of hydrogen-bond donors (Lipinski definition) is 1. The second-order valence-corrected chi connectivity index (χ2v) is 5.59. The molecule has 0 spiro atoms. The average Bonchev–Trinajstić information content (AvgIpc) is 2.14. The van der Waals surface area contributed by atoms with Crippen LogP contribution >= 0.6 is 0 Å². The predicted molar refractivity (Wildman–Crippen MR) is 61.0 cm³/mol. The van der Waals surface area contributed by atoms with E-state index in [1.54, 1.807) is 4.90 Å². The molecule has 0 saturated carbocycles. The van der Waals surface area contributed by atoms with Gasteiger partial charge < -0.3 is 10.0 Å². The minimum Gasteiger partial charge on any atom is -0.480 e. The van der Waals surface area contributed by atoms with Gasteiger partial charge in [-0.25, -0.2) is 4.79 Å². The molecule has 0 radical (unpaired) electrons. The van der Waals surface area contributed by atoms with Crippen molar-refractivity contribution in [2.75, 3.05) is 0 Å². The molecule has 0 aliphatic carbocycles. The molecule has 0 aromatic carbocycles. The molecule has 2 atom stereocenters. The van der Waals surface area contributed by atoms with Crippen molar-refractivity contribution in [2.45, 2.75) is 59.0 Å². The fraction of sp³-hybridized carbons (Fsp3) is 0.833. The van der Waals surface area contributed by atoms with Crippen LogP contribution in [0.5, 0.6) is 0 Å². The third kappa shape index (κ3) is 2.54. The lowest BCUT2D eigenvalue weighted by molar-refractivity contribution is -0.156. The van der Waals surface area contributed by atoms with Gasteiger partial charge >= 0.3 is 5.97 Å². The smallest absolute Gasteiger partial charge is 0.326 e. The molecule has 92 valence electrons. The monoisotopic (exact) mass is 227 g/mol. The third-order valence-corrected chi connectivity index (χ3v) is 3.28. The highest BCUT2D eigenvalue weighted by Gasteiger charge is 2.41. The van der Waals surface area contributed by atoms with Crippen molar-refractivity contribution in [1.82, 2.24) is 4.90 Å². The largest absolute Gasteiger partial charge is 0.480 e. The summed E-state index contributed by atoms with van der Waals surface area (Å²) in [5.74, 6) is -1.02. The Kier molecular flexibility index (Phi) is 3.61. The zero-order valence-electron chi connectivity index (χ0n) is 10.5. The molecular formula is C12H21NO3. The lowest BCUT2D eigenvalue weighted by atomic mass is 9.79. The van der Waals surface area contributed by atoms with Crippen LogP contribution in [0.1, 0.15) is 47.0 Å². The first-order chi connectivity index (χ1) is 7.25. The summed E-state index contributed by atoms with van der Waals surface area (Å²) in [7, 11) is 0. The number of rotatable bonds is 1. The van der Waals surface area contributed by atoms with Crippen LogP contribution < -0.4 is 0 Å². The maximum absolute atomic E-state index is 11.6. The second-order valence-electron chi connectivity index (χ2n) is 5.59. The van der Waals surface area contributed by atoms with Gasteiger partial charge in [0.25, 0.3) is 0 Å². The molecule has 4 nitrogen and oxygen atoms in total. The lowest BCUT2D eigenvalue weighted by Gasteiger charge is -2.46. The molecule has 1 N–H and O–H groups in total. The highest BCUT2D eigenvalue weighted by Crippen LogP contribution is 2.34. The van der Waals surface area contributed by atoms with Gasteiger partial charge in [0.1, 0.15) is 6.04 Å². The average molecular weight is 227 g/mol. The maximum atomic E-state index is 11.6. The number of carboxylic acid groups (broad SMARTS) is 1. The Labute approximate surface area is 96.6 Å². The summed E-state index contributed by atoms with van der Waals surface area (Å²) in [5, 5.41) is 9.15. The molecule has 2 unspecified atom stereocenters. The molecule has 1 saturated heterocycles. The number of piperidine rings is 1. The van der Waals surface area contributed by atoms with Gasteiger partial charge in [-0.3, -0.25) is 4.79 Å². The normalized spacial score (nSPS) is 26.6. The summed E-state index contributed by atoms with van der Waals surface area (Å²) in [6, 6.07) is -0.615. The van der Waals surface area contributed by atoms with Crippen molar-refractivity contribution in [3.05, 3.63) is 0 Å². The fourth-order valence-electron chi connectivity index (χ4n) is 2.53. The summed E-state index contributed by atoms with van der Waals surface area (Å²) in [6.45, 7) is 7.62. The summed E-state index contributed by atoms with van der Waals surface area (Å²) >= 11 is 0. The number of hydrogen-bond acceptors (Lipinski definition) is 2. The molecule has 1 heterocycles. The molecule has 16 heavy (non-hydrogen) atoms. The Morgan fingerprint density at radius 2 is 1.81 bits per heavy atom. The van der Waals surface area contributed by atoms with Crippen LogP contribution in [0.25, 0.3) is 0 Å². The van der Waals surface area contributed by atoms with E-state index < -0.39 is 12.0 Å². The number of aliphatic carboxylic acids is 1. The van der Waals surface area contributed by atoms with Gasteiger partial charge in [-0.05, 0) is 24.7 Å². The van der Waals surface area contributed by atoms with Crippen LogP contribution in [-0.4, -0.2) is 34.0 Å². The Bertz CT molecular complexity index is 293. The third-order valence-electron chi connectivity index (χ3n) is 3.28. The van der Waals surface area contributed by atoms with Crippen LogP contribution in [-0.2, 0) is 9.59 Å². The number of carbonyl (C=O) groups excluding carboxylic acids is 1. The number of likely N-dealkylation sites (tertiary alicyclic amines) is 1. The topological polar surface area (TPSA) is 57.6 Å². The van der Waals surface area contributed by atoms with Crippen LogP contribution in [0.2, 0.25) is 0 Å². The Hall–Kier alpha value is -1.06. The van der Waals surface area contributed by atoms with E-state index in [0.29, 0.717) is 6.42 Å².